The number of rotatable bonds is 8. The Balaban J connectivity index is 1.60. The maximum absolute atomic E-state index is 12.8. The molecule has 0 spiro atoms. The van der Waals surface area contributed by atoms with Crippen molar-refractivity contribution in [3.8, 4) is 0 Å². The average molecular weight is 437 g/mol. The average Bonchev–Trinajstić information content (AvgIpc) is 2.81. The molecular formula is C26H32N2O4. The highest BCUT2D eigenvalue weighted by molar-refractivity contribution is 5.97. The molecule has 0 radical (unpaired) electrons. The molecule has 0 saturated heterocycles. The van der Waals surface area contributed by atoms with Crippen LogP contribution in [0.3, 0.4) is 0 Å². The first kappa shape index (κ1) is 23.5. The normalized spacial score (nSPS) is 21.2. The zero-order valence-electron chi connectivity index (χ0n) is 18.8. The van der Waals surface area contributed by atoms with Crippen molar-refractivity contribution in [3.05, 3.63) is 71.8 Å². The highest BCUT2D eigenvalue weighted by Gasteiger charge is 2.29. The van der Waals surface area contributed by atoms with Crippen molar-refractivity contribution in [2.45, 2.75) is 51.6 Å². The summed E-state index contributed by atoms with van der Waals surface area (Å²) < 4.78 is 5.31. The molecule has 0 aromatic heterocycles. The number of hydrogen-bond acceptors (Lipinski definition) is 4. The molecule has 0 bridgehead atoms. The van der Waals surface area contributed by atoms with Crippen molar-refractivity contribution in [3.63, 3.8) is 0 Å². The molecule has 1 fully saturated rings. The van der Waals surface area contributed by atoms with Gasteiger partial charge in [-0.25, -0.2) is 4.79 Å². The van der Waals surface area contributed by atoms with E-state index in [1.807, 2.05) is 36.4 Å². The number of nitrogens with one attached hydrogen (secondary N) is 2. The van der Waals surface area contributed by atoms with E-state index in [1.54, 1.807) is 24.3 Å². The Morgan fingerprint density at radius 3 is 2.31 bits per heavy atom. The van der Waals surface area contributed by atoms with Crippen LogP contribution in [-0.2, 0) is 20.7 Å². The Hall–Kier alpha value is -3.15. The van der Waals surface area contributed by atoms with Crippen molar-refractivity contribution < 1.29 is 19.1 Å². The van der Waals surface area contributed by atoms with E-state index in [9.17, 15) is 14.4 Å². The third kappa shape index (κ3) is 6.67. The Morgan fingerprint density at radius 1 is 0.969 bits per heavy atom. The molecule has 0 heterocycles. The smallest absolute Gasteiger partial charge is 0.329 e. The van der Waals surface area contributed by atoms with E-state index in [0.717, 1.165) is 18.4 Å². The number of esters is 1. The first-order chi connectivity index (χ1) is 15.4. The minimum absolute atomic E-state index is 0.0999. The maximum atomic E-state index is 12.8. The highest BCUT2D eigenvalue weighted by Crippen LogP contribution is 2.29. The van der Waals surface area contributed by atoms with Crippen LogP contribution in [0.2, 0.25) is 0 Å². The van der Waals surface area contributed by atoms with E-state index in [2.05, 4.69) is 24.5 Å². The molecule has 1 aliphatic rings. The second kappa shape index (κ2) is 11.5. The fourth-order valence-corrected chi connectivity index (χ4v) is 4.15. The fourth-order valence-electron chi connectivity index (χ4n) is 4.15. The molecule has 1 saturated carbocycles. The Bertz CT molecular complexity index is 901. The molecule has 6 nitrogen and oxygen atoms in total. The summed E-state index contributed by atoms with van der Waals surface area (Å²) in [6.07, 6.45) is 3.47. The van der Waals surface area contributed by atoms with Crippen molar-refractivity contribution >= 4 is 17.8 Å². The maximum Gasteiger partial charge on any atom is 0.329 e. The van der Waals surface area contributed by atoms with Crippen molar-refractivity contribution in [1.29, 1.82) is 0 Å². The van der Waals surface area contributed by atoms with Crippen molar-refractivity contribution in [2.75, 3.05) is 6.61 Å². The number of ether oxygens (including phenoxy) is 1. The van der Waals surface area contributed by atoms with Crippen LogP contribution in [0.5, 0.6) is 0 Å². The lowest BCUT2D eigenvalue weighted by Gasteiger charge is -2.34. The van der Waals surface area contributed by atoms with Gasteiger partial charge in [0.25, 0.3) is 11.8 Å². The minimum Gasteiger partial charge on any atom is -0.454 e. The van der Waals surface area contributed by atoms with Crippen LogP contribution >= 0.6 is 0 Å². The van der Waals surface area contributed by atoms with Gasteiger partial charge in [0, 0.05) is 18.0 Å². The van der Waals surface area contributed by atoms with Gasteiger partial charge in [0.05, 0.1) is 0 Å². The Labute approximate surface area is 189 Å². The molecule has 1 aliphatic carbocycles. The monoisotopic (exact) mass is 436 g/mol. The molecule has 4 atom stereocenters. The second-order valence-corrected chi connectivity index (χ2v) is 8.63. The Morgan fingerprint density at radius 2 is 1.62 bits per heavy atom. The lowest BCUT2D eigenvalue weighted by Crippen LogP contribution is -2.47. The van der Waals surface area contributed by atoms with Gasteiger partial charge in [0.15, 0.2) is 6.61 Å². The third-order valence-corrected chi connectivity index (χ3v) is 6.31. The third-order valence-electron chi connectivity index (χ3n) is 6.31. The van der Waals surface area contributed by atoms with E-state index in [0.29, 0.717) is 17.4 Å². The van der Waals surface area contributed by atoms with Crippen LogP contribution in [0.1, 0.15) is 49.0 Å². The summed E-state index contributed by atoms with van der Waals surface area (Å²) in [7, 11) is 0. The number of carbonyl (C=O) groups is 3. The van der Waals surface area contributed by atoms with Crippen LogP contribution in [0.25, 0.3) is 0 Å². The lowest BCUT2D eigenvalue weighted by atomic mass is 9.78. The summed E-state index contributed by atoms with van der Waals surface area (Å²) in [4.78, 5) is 37.8. The Kier molecular flexibility index (Phi) is 8.42. The summed E-state index contributed by atoms with van der Waals surface area (Å²) in [5.41, 5.74) is 1.34. The predicted molar refractivity (Wildman–Crippen MR) is 123 cm³/mol. The number of hydrogen-bond donors (Lipinski definition) is 2. The molecule has 3 rings (SSSR count). The van der Waals surface area contributed by atoms with Gasteiger partial charge in [0.2, 0.25) is 0 Å². The first-order valence-electron chi connectivity index (χ1n) is 11.3. The molecule has 2 amide bonds. The summed E-state index contributed by atoms with van der Waals surface area (Å²) in [5, 5.41) is 5.76. The van der Waals surface area contributed by atoms with Gasteiger partial charge >= 0.3 is 5.97 Å². The number of benzene rings is 2. The van der Waals surface area contributed by atoms with Gasteiger partial charge in [0.1, 0.15) is 6.04 Å². The van der Waals surface area contributed by atoms with E-state index in [-0.39, 0.29) is 30.9 Å². The summed E-state index contributed by atoms with van der Waals surface area (Å²) in [5.74, 6) is -0.354. The molecule has 170 valence electrons. The highest BCUT2D eigenvalue weighted by atomic mass is 16.5. The molecule has 2 aromatic carbocycles. The molecule has 0 aliphatic heterocycles. The minimum atomic E-state index is -0.897. The molecule has 6 heteroatoms. The summed E-state index contributed by atoms with van der Waals surface area (Å²) >= 11 is 0. The number of amides is 2. The largest absolute Gasteiger partial charge is 0.454 e. The van der Waals surface area contributed by atoms with Crippen LogP contribution in [0, 0.1) is 11.8 Å². The van der Waals surface area contributed by atoms with Gasteiger partial charge in [-0.1, -0.05) is 75.2 Å². The second-order valence-electron chi connectivity index (χ2n) is 8.63. The van der Waals surface area contributed by atoms with Gasteiger partial charge in [-0.15, -0.1) is 0 Å². The topological polar surface area (TPSA) is 84.5 Å². The lowest BCUT2D eigenvalue weighted by molar-refractivity contribution is -0.150. The molecule has 2 aromatic rings. The van der Waals surface area contributed by atoms with Crippen LogP contribution in [-0.4, -0.2) is 36.5 Å². The first-order valence-corrected chi connectivity index (χ1v) is 11.3. The van der Waals surface area contributed by atoms with Gasteiger partial charge in [-0.2, -0.15) is 0 Å². The summed E-state index contributed by atoms with van der Waals surface area (Å²) in [6, 6.07) is 17.3. The van der Waals surface area contributed by atoms with Gasteiger partial charge in [-0.3, -0.25) is 9.59 Å². The predicted octanol–water partition coefficient (Wildman–Crippen LogP) is 3.51. The van der Waals surface area contributed by atoms with Gasteiger partial charge in [-0.05, 0) is 36.0 Å². The van der Waals surface area contributed by atoms with Crippen molar-refractivity contribution in [1.82, 2.24) is 10.6 Å². The number of carbonyl (C=O) groups excluding carboxylic acids is 3. The van der Waals surface area contributed by atoms with E-state index >= 15 is 0 Å². The quantitative estimate of drug-likeness (QED) is 0.620. The fraction of sp³-hybridized carbons (Fsp3) is 0.423. The zero-order chi connectivity index (χ0) is 22.9. The van der Waals surface area contributed by atoms with E-state index in [1.165, 1.54) is 6.42 Å². The van der Waals surface area contributed by atoms with E-state index in [4.69, 9.17) is 4.74 Å². The molecule has 32 heavy (non-hydrogen) atoms. The zero-order valence-corrected chi connectivity index (χ0v) is 18.8. The molecular weight excluding hydrogens is 404 g/mol. The van der Waals surface area contributed by atoms with Crippen LogP contribution < -0.4 is 10.6 Å². The standard InChI is InChI=1S/C26H32N2O4/c1-18-10-9-15-22(19(18)2)27-24(29)17-32-26(31)23(16-20-11-5-3-6-12-20)28-25(30)21-13-7-4-8-14-21/h3-8,11-14,18-19,22-23H,9-10,15-17H2,1-2H3,(H,27,29)(H,28,30)/t18-,19+,22+,23-/m1/s1. The SMILES string of the molecule is C[C@H]1[C@H](C)CCC[C@@H]1NC(=O)COC(=O)[C@@H](Cc1ccccc1)NC(=O)c1ccccc1. The summed E-state index contributed by atoms with van der Waals surface area (Å²) in [6.45, 7) is 3.99. The molecule has 2 N–H and O–H groups in total. The van der Waals surface area contributed by atoms with Gasteiger partial charge < -0.3 is 15.4 Å². The van der Waals surface area contributed by atoms with Crippen LogP contribution in [0.15, 0.2) is 60.7 Å². The van der Waals surface area contributed by atoms with Crippen molar-refractivity contribution in [2.24, 2.45) is 11.8 Å². The molecule has 0 unspecified atom stereocenters. The van der Waals surface area contributed by atoms with Crippen LogP contribution in [0.4, 0.5) is 0 Å². The van der Waals surface area contributed by atoms with E-state index < -0.39 is 12.0 Å².